The topological polar surface area (TPSA) is 117 Å². The zero-order valence-electron chi connectivity index (χ0n) is 24.2. The van der Waals surface area contributed by atoms with Gasteiger partial charge in [-0.1, -0.05) is 79.7 Å². The number of benzene rings is 3. The smallest absolute Gasteiger partial charge is 0.274 e. The maximum absolute atomic E-state index is 13.0. The second-order valence-electron chi connectivity index (χ2n) is 9.99. The lowest BCUT2D eigenvalue weighted by molar-refractivity contribution is 0.0947. The van der Waals surface area contributed by atoms with Crippen molar-refractivity contribution in [2.45, 2.75) is 53.4 Å². The van der Waals surface area contributed by atoms with E-state index in [0.717, 1.165) is 16.7 Å². The SMILES string of the molecule is CCNC(=O)c1noc(-c2cc(C(C)C)c(OCc3ccccc3)cc2OCc2ccccc2)c1-c1nnn(CC)n1. The third-order valence-electron chi connectivity index (χ3n) is 6.66. The Labute approximate surface area is 244 Å². The molecule has 2 heterocycles. The quantitative estimate of drug-likeness (QED) is 0.194. The van der Waals surface area contributed by atoms with Gasteiger partial charge in [-0.2, -0.15) is 4.80 Å². The summed E-state index contributed by atoms with van der Waals surface area (Å²) in [5.74, 6) is 1.46. The summed E-state index contributed by atoms with van der Waals surface area (Å²) in [6.07, 6.45) is 0. The van der Waals surface area contributed by atoms with Crippen LogP contribution in [0.1, 0.15) is 60.8 Å². The molecular weight excluding hydrogens is 532 g/mol. The monoisotopic (exact) mass is 566 g/mol. The number of tetrazole rings is 1. The molecule has 10 nitrogen and oxygen atoms in total. The molecule has 1 amide bonds. The molecule has 3 aromatic carbocycles. The lowest BCUT2D eigenvalue weighted by Crippen LogP contribution is -2.23. The number of aromatic nitrogens is 5. The molecule has 42 heavy (non-hydrogen) atoms. The van der Waals surface area contributed by atoms with Gasteiger partial charge in [0.15, 0.2) is 11.5 Å². The number of aryl methyl sites for hydroxylation is 1. The molecule has 0 saturated heterocycles. The third-order valence-corrected chi connectivity index (χ3v) is 6.66. The molecule has 0 saturated carbocycles. The van der Waals surface area contributed by atoms with Gasteiger partial charge in [0.05, 0.1) is 12.1 Å². The maximum atomic E-state index is 13.0. The summed E-state index contributed by atoms with van der Waals surface area (Å²) in [5, 5.41) is 19.8. The van der Waals surface area contributed by atoms with Crippen molar-refractivity contribution in [3.63, 3.8) is 0 Å². The predicted octanol–water partition coefficient (Wildman–Crippen LogP) is 6.05. The number of carbonyl (C=O) groups excluding carboxylic acids is 1. The first-order chi connectivity index (χ1) is 20.5. The molecule has 0 radical (unpaired) electrons. The molecule has 0 bridgehead atoms. The van der Waals surface area contributed by atoms with E-state index in [0.29, 0.717) is 54.7 Å². The van der Waals surface area contributed by atoms with Crippen molar-refractivity contribution in [1.29, 1.82) is 0 Å². The Morgan fingerprint density at radius 2 is 1.57 bits per heavy atom. The average Bonchev–Trinajstić information content (AvgIpc) is 3.67. The summed E-state index contributed by atoms with van der Waals surface area (Å²) in [4.78, 5) is 14.5. The molecule has 0 atom stereocenters. The van der Waals surface area contributed by atoms with Gasteiger partial charge >= 0.3 is 0 Å². The summed E-state index contributed by atoms with van der Waals surface area (Å²) in [7, 11) is 0. The molecule has 0 aliphatic rings. The first-order valence-corrected chi connectivity index (χ1v) is 14.1. The average molecular weight is 567 g/mol. The fourth-order valence-electron chi connectivity index (χ4n) is 4.48. The van der Waals surface area contributed by atoms with Gasteiger partial charge < -0.3 is 19.3 Å². The summed E-state index contributed by atoms with van der Waals surface area (Å²) >= 11 is 0. The molecule has 0 spiro atoms. The van der Waals surface area contributed by atoms with Crippen LogP contribution in [-0.4, -0.2) is 37.8 Å². The van der Waals surface area contributed by atoms with Crippen molar-refractivity contribution in [3.8, 4) is 34.2 Å². The number of nitrogens with one attached hydrogen (secondary N) is 1. The van der Waals surface area contributed by atoms with Crippen molar-refractivity contribution in [1.82, 2.24) is 30.7 Å². The van der Waals surface area contributed by atoms with E-state index in [2.05, 4.69) is 39.7 Å². The zero-order valence-corrected chi connectivity index (χ0v) is 24.2. The molecule has 5 rings (SSSR count). The van der Waals surface area contributed by atoms with E-state index >= 15 is 0 Å². The molecule has 216 valence electrons. The fourth-order valence-corrected chi connectivity index (χ4v) is 4.48. The number of rotatable bonds is 12. The van der Waals surface area contributed by atoms with Crippen LogP contribution in [0.5, 0.6) is 11.5 Å². The molecule has 0 aliphatic heterocycles. The number of amides is 1. The molecular formula is C32H34N6O4. The molecule has 0 aliphatic carbocycles. The summed E-state index contributed by atoms with van der Waals surface area (Å²) in [6, 6.07) is 23.7. The third kappa shape index (κ3) is 6.33. The van der Waals surface area contributed by atoms with E-state index in [9.17, 15) is 4.79 Å². The van der Waals surface area contributed by atoms with Gasteiger partial charge in [-0.25, -0.2) is 0 Å². The second-order valence-corrected chi connectivity index (χ2v) is 9.99. The van der Waals surface area contributed by atoms with Gasteiger partial charge in [-0.3, -0.25) is 4.79 Å². The number of carbonyl (C=O) groups is 1. The number of hydrogen-bond acceptors (Lipinski definition) is 8. The van der Waals surface area contributed by atoms with Gasteiger partial charge in [0.1, 0.15) is 30.3 Å². The first-order valence-electron chi connectivity index (χ1n) is 14.1. The van der Waals surface area contributed by atoms with E-state index in [4.69, 9.17) is 14.0 Å². The summed E-state index contributed by atoms with van der Waals surface area (Å²) < 4.78 is 18.7. The van der Waals surface area contributed by atoms with Crippen LogP contribution in [0.15, 0.2) is 77.3 Å². The Hall–Kier alpha value is -4.99. The van der Waals surface area contributed by atoms with Crippen molar-refractivity contribution < 1.29 is 18.8 Å². The van der Waals surface area contributed by atoms with Crippen molar-refractivity contribution >= 4 is 5.91 Å². The lowest BCUT2D eigenvalue weighted by atomic mass is 9.96. The molecule has 2 aromatic heterocycles. The Morgan fingerprint density at radius 1 is 0.929 bits per heavy atom. The Balaban J connectivity index is 1.65. The largest absolute Gasteiger partial charge is 0.488 e. The van der Waals surface area contributed by atoms with Gasteiger partial charge in [-0.15, -0.1) is 10.2 Å². The number of ether oxygens (including phenoxy) is 2. The normalized spacial score (nSPS) is 11.1. The standard InChI is InChI=1S/C32H34N6O4/c1-5-33-32(39)29-28(31-34-37-38(6-2)35-31)30(42-36-29)25-17-24(21(3)4)26(40-19-22-13-9-7-10-14-22)18-27(25)41-20-23-15-11-8-12-16-23/h7-18,21H,5-6,19-20H2,1-4H3,(H,33,39). The predicted molar refractivity (Wildman–Crippen MR) is 158 cm³/mol. The van der Waals surface area contributed by atoms with E-state index in [-0.39, 0.29) is 17.4 Å². The van der Waals surface area contributed by atoms with Crippen LogP contribution >= 0.6 is 0 Å². The molecule has 1 N–H and O–H groups in total. The molecule has 10 heteroatoms. The minimum atomic E-state index is -0.394. The lowest BCUT2D eigenvalue weighted by Gasteiger charge is -2.19. The first kappa shape index (κ1) is 28.5. The maximum Gasteiger partial charge on any atom is 0.274 e. The highest BCUT2D eigenvalue weighted by Gasteiger charge is 2.30. The van der Waals surface area contributed by atoms with Crippen molar-refractivity contribution in [2.24, 2.45) is 0 Å². The Morgan fingerprint density at radius 3 is 2.14 bits per heavy atom. The van der Waals surface area contributed by atoms with E-state index in [1.807, 2.05) is 86.6 Å². The van der Waals surface area contributed by atoms with Gasteiger partial charge in [0.25, 0.3) is 5.91 Å². The fraction of sp³-hybridized carbons (Fsp3) is 0.281. The number of hydrogen-bond donors (Lipinski definition) is 1. The van der Waals surface area contributed by atoms with Crippen LogP contribution in [0, 0.1) is 0 Å². The van der Waals surface area contributed by atoms with Crippen molar-refractivity contribution in [2.75, 3.05) is 6.54 Å². The van der Waals surface area contributed by atoms with Crippen LogP contribution in [0.25, 0.3) is 22.7 Å². The minimum absolute atomic E-state index is 0.0759. The molecule has 0 unspecified atom stereocenters. The number of nitrogens with zero attached hydrogens (tertiary/aromatic N) is 5. The molecule has 0 fully saturated rings. The van der Waals surface area contributed by atoms with E-state index < -0.39 is 5.91 Å². The van der Waals surface area contributed by atoms with Gasteiger partial charge in [-0.05, 0) is 47.7 Å². The van der Waals surface area contributed by atoms with Gasteiger partial charge in [0.2, 0.25) is 5.82 Å². The van der Waals surface area contributed by atoms with Gasteiger partial charge in [0, 0.05) is 12.6 Å². The van der Waals surface area contributed by atoms with E-state index in [1.54, 1.807) is 0 Å². The highest BCUT2D eigenvalue weighted by atomic mass is 16.5. The summed E-state index contributed by atoms with van der Waals surface area (Å²) in [5.41, 5.74) is 4.02. The summed E-state index contributed by atoms with van der Waals surface area (Å²) in [6.45, 7) is 9.57. The minimum Gasteiger partial charge on any atom is -0.488 e. The highest BCUT2D eigenvalue weighted by molar-refractivity contribution is 6.01. The van der Waals surface area contributed by atoms with E-state index in [1.165, 1.54) is 4.80 Å². The van der Waals surface area contributed by atoms with Crippen LogP contribution in [0.4, 0.5) is 0 Å². The van der Waals surface area contributed by atoms with Crippen molar-refractivity contribution in [3.05, 3.63) is 95.2 Å². The Bertz CT molecular complexity index is 1630. The second kappa shape index (κ2) is 13.1. The van der Waals surface area contributed by atoms with Crippen LogP contribution in [0.2, 0.25) is 0 Å². The highest BCUT2D eigenvalue weighted by Crippen LogP contribution is 2.43. The Kier molecular flexibility index (Phi) is 8.91. The molecule has 5 aromatic rings. The van der Waals surface area contributed by atoms with Crippen LogP contribution < -0.4 is 14.8 Å². The zero-order chi connectivity index (χ0) is 29.5. The van der Waals surface area contributed by atoms with Crippen LogP contribution in [-0.2, 0) is 19.8 Å². The van der Waals surface area contributed by atoms with Crippen LogP contribution in [0.3, 0.4) is 0 Å².